The minimum absolute atomic E-state index is 0.128. The lowest BCUT2D eigenvalue weighted by atomic mass is 10.3. The summed E-state index contributed by atoms with van der Waals surface area (Å²) in [6.07, 6.45) is 0. The van der Waals surface area contributed by atoms with Crippen molar-refractivity contribution in [2.75, 3.05) is 5.32 Å². The van der Waals surface area contributed by atoms with E-state index in [2.05, 4.69) is 10.4 Å². The molecule has 4 nitrogen and oxygen atoms in total. The Kier molecular flexibility index (Phi) is 6.37. The third kappa shape index (κ3) is 4.86. The summed E-state index contributed by atoms with van der Waals surface area (Å²) in [5, 5.41) is 8.23. The van der Waals surface area contributed by atoms with Gasteiger partial charge in [0.2, 0.25) is 5.91 Å². The maximum atomic E-state index is 12.4. The first-order chi connectivity index (χ1) is 12.4. The molecule has 1 N–H and O–H groups in total. The molecule has 2 aromatic carbocycles. The van der Waals surface area contributed by atoms with Crippen LogP contribution in [0.25, 0.3) is 5.69 Å². The zero-order valence-electron chi connectivity index (χ0n) is 13.5. The second-order valence-corrected chi connectivity index (χ2v) is 9.37. The molecule has 3 aromatic rings. The molecule has 1 aromatic heterocycles. The summed E-state index contributed by atoms with van der Waals surface area (Å²) in [4.78, 5) is 12.4. The highest BCUT2D eigenvalue weighted by molar-refractivity contribution is 8.02. The minimum atomic E-state index is -0.340. The third-order valence-corrected chi connectivity index (χ3v) is 6.24. The topological polar surface area (TPSA) is 46.9 Å². The summed E-state index contributed by atoms with van der Waals surface area (Å²) in [6.45, 7) is 1.82. The largest absolute Gasteiger partial charge is 0.325 e. The van der Waals surface area contributed by atoms with Gasteiger partial charge in [-0.25, -0.2) is 4.68 Å². The van der Waals surface area contributed by atoms with Crippen molar-refractivity contribution in [2.24, 2.45) is 0 Å². The van der Waals surface area contributed by atoms with Crippen molar-refractivity contribution in [3.05, 3.63) is 62.5 Å². The normalized spacial score (nSPS) is 12.0. The molecule has 0 radical (unpaired) electrons. The van der Waals surface area contributed by atoms with Gasteiger partial charge in [-0.2, -0.15) is 0 Å². The molecule has 0 unspecified atom stereocenters. The standard InChI is InChI=1S/C17H13Cl2N3OS3/c1-10(15(23)20-13-4-2-3-12(19)9-13)25-16-21-22(17(24)26-16)14-7-5-11(18)6-8-14/h2-10H,1H3,(H,20,23)/t10-/m1/s1. The predicted octanol–water partition coefficient (Wildman–Crippen LogP) is 6.09. The second-order valence-electron chi connectivity index (χ2n) is 5.28. The van der Waals surface area contributed by atoms with Crippen LogP contribution in [0.15, 0.2) is 52.9 Å². The van der Waals surface area contributed by atoms with Gasteiger partial charge in [0.1, 0.15) is 0 Å². The number of carbonyl (C=O) groups is 1. The molecule has 9 heteroatoms. The highest BCUT2D eigenvalue weighted by Gasteiger charge is 2.18. The molecule has 3 rings (SSSR count). The van der Waals surface area contributed by atoms with Crippen LogP contribution in [0.5, 0.6) is 0 Å². The number of amides is 1. The molecule has 0 saturated carbocycles. The molecular weight excluding hydrogens is 429 g/mol. The maximum absolute atomic E-state index is 12.4. The summed E-state index contributed by atoms with van der Waals surface area (Å²) in [7, 11) is 0. The van der Waals surface area contributed by atoms with Crippen LogP contribution >= 0.6 is 58.5 Å². The molecular formula is C17H13Cl2N3OS3. The van der Waals surface area contributed by atoms with E-state index in [0.717, 1.165) is 10.0 Å². The van der Waals surface area contributed by atoms with E-state index in [9.17, 15) is 4.79 Å². The molecule has 0 saturated heterocycles. The molecule has 134 valence electrons. The van der Waals surface area contributed by atoms with Crippen LogP contribution in [-0.2, 0) is 4.79 Å². The van der Waals surface area contributed by atoms with Crippen LogP contribution in [0, 0.1) is 3.95 Å². The highest BCUT2D eigenvalue weighted by Crippen LogP contribution is 2.28. The molecule has 26 heavy (non-hydrogen) atoms. The summed E-state index contributed by atoms with van der Waals surface area (Å²) in [5.41, 5.74) is 1.49. The first kappa shape index (κ1) is 19.4. The maximum Gasteiger partial charge on any atom is 0.237 e. The SMILES string of the molecule is C[C@@H](Sc1nn(-c2ccc(Cl)cc2)c(=S)s1)C(=O)Nc1cccc(Cl)c1. The summed E-state index contributed by atoms with van der Waals surface area (Å²) in [6, 6.07) is 14.3. The lowest BCUT2D eigenvalue weighted by Crippen LogP contribution is -2.22. The Labute approximate surface area is 174 Å². The lowest BCUT2D eigenvalue weighted by Gasteiger charge is -2.10. The Hall–Kier alpha value is -1.38. The van der Waals surface area contributed by atoms with Crippen LogP contribution in [0.1, 0.15) is 6.92 Å². The van der Waals surface area contributed by atoms with Gasteiger partial charge in [0.15, 0.2) is 8.29 Å². The Morgan fingerprint density at radius 2 is 1.96 bits per heavy atom. The van der Waals surface area contributed by atoms with Crippen LogP contribution < -0.4 is 5.32 Å². The zero-order chi connectivity index (χ0) is 18.7. The summed E-state index contributed by atoms with van der Waals surface area (Å²) in [5.74, 6) is -0.128. The number of benzene rings is 2. The van der Waals surface area contributed by atoms with Crippen LogP contribution in [0.4, 0.5) is 5.69 Å². The molecule has 1 atom stereocenters. The minimum Gasteiger partial charge on any atom is -0.325 e. The molecule has 0 aliphatic rings. The predicted molar refractivity (Wildman–Crippen MR) is 113 cm³/mol. The molecule has 0 aliphatic heterocycles. The smallest absolute Gasteiger partial charge is 0.237 e. The highest BCUT2D eigenvalue weighted by atomic mass is 35.5. The van der Waals surface area contributed by atoms with Gasteiger partial charge in [-0.3, -0.25) is 4.79 Å². The quantitative estimate of drug-likeness (QED) is 0.384. The van der Waals surface area contributed by atoms with Gasteiger partial charge in [0, 0.05) is 15.7 Å². The Morgan fingerprint density at radius 3 is 2.65 bits per heavy atom. The Balaban J connectivity index is 1.70. The third-order valence-electron chi connectivity index (χ3n) is 3.34. The van der Waals surface area contributed by atoms with Crippen molar-refractivity contribution in [3.63, 3.8) is 0 Å². The van der Waals surface area contributed by atoms with E-state index < -0.39 is 0 Å². The van der Waals surface area contributed by atoms with Gasteiger partial charge in [-0.15, -0.1) is 5.10 Å². The summed E-state index contributed by atoms with van der Waals surface area (Å²) >= 11 is 20.0. The van der Waals surface area contributed by atoms with E-state index in [1.807, 2.05) is 19.1 Å². The van der Waals surface area contributed by atoms with Crippen molar-refractivity contribution < 1.29 is 4.79 Å². The average Bonchev–Trinajstić information content (AvgIpc) is 2.96. The molecule has 0 bridgehead atoms. The number of hydrogen-bond acceptors (Lipinski definition) is 5. The number of thioether (sulfide) groups is 1. The molecule has 0 fully saturated rings. The monoisotopic (exact) mass is 441 g/mol. The number of nitrogens with one attached hydrogen (secondary N) is 1. The lowest BCUT2D eigenvalue weighted by molar-refractivity contribution is -0.115. The van der Waals surface area contributed by atoms with Gasteiger partial charge in [-0.1, -0.05) is 52.4 Å². The number of nitrogens with zero attached hydrogens (tertiary/aromatic N) is 2. The van der Waals surface area contributed by atoms with Crippen molar-refractivity contribution in [2.45, 2.75) is 16.5 Å². The number of carbonyl (C=O) groups excluding carboxylic acids is 1. The number of aromatic nitrogens is 2. The fourth-order valence-electron chi connectivity index (χ4n) is 2.07. The number of rotatable bonds is 5. The fourth-order valence-corrected chi connectivity index (χ4v) is 4.89. The fraction of sp³-hybridized carbons (Fsp3) is 0.118. The van der Waals surface area contributed by atoms with Gasteiger partial charge >= 0.3 is 0 Å². The molecule has 1 amide bonds. The second kappa shape index (κ2) is 8.54. The number of halogens is 2. The van der Waals surface area contributed by atoms with E-state index in [4.69, 9.17) is 35.4 Å². The van der Waals surface area contributed by atoms with Gasteiger partial charge < -0.3 is 5.32 Å². The van der Waals surface area contributed by atoms with E-state index >= 15 is 0 Å². The van der Waals surface area contributed by atoms with E-state index in [0.29, 0.717) is 19.7 Å². The molecule has 0 aliphatic carbocycles. The number of anilines is 1. The Bertz CT molecular complexity index is 985. The van der Waals surface area contributed by atoms with Crippen LogP contribution in [0.3, 0.4) is 0 Å². The summed E-state index contributed by atoms with van der Waals surface area (Å²) < 4.78 is 3.00. The van der Waals surface area contributed by atoms with Crippen LogP contribution in [-0.4, -0.2) is 20.9 Å². The van der Waals surface area contributed by atoms with Gasteiger partial charge in [0.05, 0.1) is 10.9 Å². The van der Waals surface area contributed by atoms with E-state index in [-0.39, 0.29) is 11.2 Å². The van der Waals surface area contributed by atoms with Crippen molar-refractivity contribution in [1.82, 2.24) is 9.78 Å². The first-order valence-corrected chi connectivity index (χ1v) is 10.4. The molecule has 1 heterocycles. The zero-order valence-corrected chi connectivity index (χ0v) is 17.4. The van der Waals surface area contributed by atoms with Gasteiger partial charge in [0.25, 0.3) is 0 Å². The van der Waals surface area contributed by atoms with Crippen molar-refractivity contribution >= 4 is 70.1 Å². The van der Waals surface area contributed by atoms with Crippen molar-refractivity contribution in [3.8, 4) is 5.69 Å². The Morgan fingerprint density at radius 1 is 1.23 bits per heavy atom. The number of hydrogen-bond donors (Lipinski definition) is 1. The molecule has 0 spiro atoms. The van der Waals surface area contributed by atoms with E-state index in [1.54, 1.807) is 41.1 Å². The van der Waals surface area contributed by atoms with Crippen molar-refractivity contribution in [1.29, 1.82) is 0 Å². The first-order valence-electron chi connectivity index (χ1n) is 7.51. The average molecular weight is 442 g/mol. The van der Waals surface area contributed by atoms with E-state index in [1.165, 1.54) is 23.1 Å². The van der Waals surface area contributed by atoms with Gasteiger partial charge in [-0.05, 0) is 61.6 Å². The van der Waals surface area contributed by atoms with Crippen LogP contribution in [0.2, 0.25) is 10.0 Å².